The molecule has 0 spiro atoms. The standard InChI is InChI=1S/C12H16N2O3/c1-6(9-5-7-2-3-8(9)4-7)14-11(16)10(15)13-12(14)17/h6-9H,2-5H2,1H3,(H,13,15,17)/t6-,7+,8+,9-/m1/s1. The number of nitrogens with one attached hydrogen (secondary N) is 1. The normalized spacial score (nSPS) is 37.8. The average Bonchev–Trinajstić information content (AvgIpc) is 2.94. The van der Waals surface area contributed by atoms with Crippen molar-refractivity contribution < 1.29 is 14.4 Å². The molecular weight excluding hydrogens is 220 g/mol. The third-order valence-electron chi connectivity index (χ3n) is 4.67. The molecule has 92 valence electrons. The minimum atomic E-state index is -0.787. The van der Waals surface area contributed by atoms with Crippen LogP contribution >= 0.6 is 0 Å². The first-order chi connectivity index (χ1) is 8.08. The summed E-state index contributed by atoms with van der Waals surface area (Å²) >= 11 is 0. The fourth-order valence-corrected chi connectivity index (χ4v) is 3.86. The summed E-state index contributed by atoms with van der Waals surface area (Å²) in [5, 5.41) is 2.06. The Morgan fingerprint density at radius 3 is 2.47 bits per heavy atom. The number of amides is 4. The minimum Gasteiger partial charge on any atom is -0.269 e. The van der Waals surface area contributed by atoms with E-state index in [1.54, 1.807) is 0 Å². The van der Waals surface area contributed by atoms with Gasteiger partial charge < -0.3 is 0 Å². The van der Waals surface area contributed by atoms with Gasteiger partial charge in [0.15, 0.2) is 0 Å². The highest BCUT2D eigenvalue weighted by molar-refractivity contribution is 6.44. The molecule has 3 aliphatic rings. The van der Waals surface area contributed by atoms with Crippen LogP contribution < -0.4 is 5.32 Å². The van der Waals surface area contributed by atoms with Gasteiger partial charge in [-0.1, -0.05) is 6.42 Å². The molecule has 1 aliphatic heterocycles. The first-order valence-corrected chi connectivity index (χ1v) is 6.26. The lowest BCUT2D eigenvalue weighted by molar-refractivity contribution is -0.141. The zero-order valence-electron chi connectivity index (χ0n) is 9.81. The van der Waals surface area contributed by atoms with Crippen LogP contribution in [0.1, 0.15) is 32.6 Å². The summed E-state index contributed by atoms with van der Waals surface area (Å²) in [6.45, 7) is 1.89. The Hall–Kier alpha value is -1.39. The van der Waals surface area contributed by atoms with E-state index in [1.165, 1.54) is 19.3 Å². The number of carbonyl (C=O) groups is 3. The Labute approximate surface area is 99.5 Å². The molecule has 2 saturated carbocycles. The van der Waals surface area contributed by atoms with Crippen LogP contribution in [0.3, 0.4) is 0 Å². The van der Waals surface area contributed by atoms with Crippen molar-refractivity contribution in [1.29, 1.82) is 0 Å². The molecule has 0 radical (unpaired) electrons. The van der Waals surface area contributed by atoms with Crippen molar-refractivity contribution in [3.05, 3.63) is 0 Å². The fraction of sp³-hybridized carbons (Fsp3) is 0.750. The third kappa shape index (κ3) is 1.48. The van der Waals surface area contributed by atoms with Crippen LogP contribution in [0, 0.1) is 17.8 Å². The van der Waals surface area contributed by atoms with Crippen molar-refractivity contribution in [3.8, 4) is 0 Å². The molecule has 4 amide bonds. The van der Waals surface area contributed by atoms with Gasteiger partial charge >= 0.3 is 17.8 Å². The molecule has 3 fully saturated rings. The van der Waals surface area contributed by atoms with E-state index >= 15 is 0 Å². The Kier molecular flexibility index (Phi) is 2.24. The number of nitrogens with zero attached hydrogens (tertiary/aromatic N) is 1. The maximum Gasteiger partial charge on any atom is 0.331 e. The molecule has 3 rings (SSSR count). The van der Waals surface area contributed by atoms with E-state index in [0.717, 1.165) is 17.2 Å². The summed E-state index contributed by atoms with van der Waals surface area (Å²) in [5.41, 5.74) is 0. The van der Waals surface area contributed by atoms with E-state index < -0.39 is 17.8 Å². The molecule has 0 aromatic carbocycles. The maximum atomic E-state index is 11.6. The lowest BCUT2D eigenvalue weighted by atomic mass is 9.83. The Bertz CT molecular complexity index is 407. The number of imide groups is 2. The van der Waals surface area contributed by atoms with Crippen LogP contribution in [0.25, 0.3) is 0 Å². The molecule has 1 N–H and O–H groups in total. The molecule has 5 nitrogen and oxygen atoms in total. The first kappa shape index (κ1) is 10.7. The van der Waals surface area contributed by atoms with Gasteiger partial charge in [-0.25, -0.2) is 4.79 Å². The molecular formula is C12H16N2O3. The second kappa shape index (κ2) is 3.55. The van der Waals surface area contributed by atoms with Gasteiger partial charge in [0.2, 0.25) is 0 Å². The topological polar surface area (TPSA) is 66.5 Å². The number of hydrogen-bond acceptors (Lipinski definition) is 3. The monoisotopic (exact) mass is 236 g/mol. The van der Waals surface area contributed by atoms with Gasteiger partial charge in [-0.05, 0) is 43.9 Å². The van der Waals surface area contributed by atoms with Gasteiger partial charge in [0, 0.05) is 6.04 Å². The summed E-state index contributed by atoms with van der Waals surface area (Å²) in [6, 6.07) is -0.695. The minimum absolute atomic E-state index is 0.149. The highest BCUT2D eigenvalue weighted by atomic mass is 16.2. The molecule has 1 heterocycles. The zero-order valence-corrected chi connectivity index (χ0v) is 9.81. The van der Waals surface area contributed by atoms with Crippen molar-refractivity contribution in [3.63, 3.8) is 0 Å². The average molecular weight is 236 g/mol. The van der Waals surface area contributed by atoms with Crippen LogP contribution in [0.15, 0.2) is 0 Å². The molecule has 1 saturated heterocycles. The van der Waals surface area contributed by atoms with Crippen LogP contribution in [0.5, 0.6) is 0 Å². The second-order valence-corrected chi connectivity index (χ2v) is 5.51. The predicted molar refractivity (Wildman–Crippen MR) is 58.8 cm³/mol. The van der Waals surface area contributed by atoms with Gasteiger partial charge in [0.05, 0.1) is 0 Å². The third-order valence-corrected chi connectivity index (χ3v) is 4.67. The molecule has 2 aliphatic carbocycles. The number of fused-ring (bicyclic) bond motifs is 2. The van der Waals surface area contributed by atoms with Crippen LogP contribution in [-0.2, 0) is 9.59 Å². The van der Waals surface area contributed by atoms with Crippen molar-refractivity contribution in [2.45, 2.75) is 38.6 Å². The Morgan fingerprint density at radius 1 is 1.24 bits per heavy atom. The highest BCUT2D eigenvalue weighted by Crippen LogP contribution is 2.50. The quantitative estimate of drug-likeness (QED) is 0.572. The SMILES string of the molecule is C[C@H]([C@H]1C[C@H]2CC[C@H]1C2)N1C(=O)NC(=O)C1=O. The maximum absolute atomic E-state index is 11.6. The van der Waals surface area contributed by atoms with E-state index in [9.17, 15) is 14.4 Å². The molecule has 17 heavy (non-hydrogen) atoms. The highest BCUT2D eigenvalue weighted by Gasteiger charge is 2.48. The van der Waals surface area contributed by atoms with Crippen LogP contribution in [-0.4, -0.2) is 28.8 Å². The lowest BCUT2D eigenvalue weighted by Crippen LogP contribution is -2.44. The predicted octanol–water partition coefficient (Wildman–Crippen LogP) is 0.889. The summed E-state index contributed by atoms with van der Waals surface area (Å²) in [5.74, 6) is 0.305. The molecule has 0 unspecified atom stereocenters. The van der Waals surface area contributed by atoms with Crippen LogP contribution in [0.2, 0.25) is 0 Å². The van der Waals surface area contributed by atoms with Gasteiger partial charge in [-0.3, -0.25) is 19.8 Å². The van der Waals surface area contributed by atoms with Crippen LogP contribution in [0.4, 0.5) is 4.79 Å². The second-order valence-electron chi connectivity index (χ2n) is 5.51. The summed E-state index contributed by atoms with van der Waals surface area (Å²) in [7, 11) is 0. The van der Waals surface area contributed by atoms with E-state index in [2.05, 4.69) is 5.32 Å². The number of carbonyl (C=O) groups excluding carboxylic acids is 3. The smallest absolute Gasteiger partial charge is 0.269 e. The van der Waals surface area contributed by atoms with Gasteiger partial charge in [0.1, 0.15) is 0 Å². The van der Waals surface area contributed by atoms with E-state index in [4.69, 9.17) is 0 Å². The Morgan fingerprint density at radius 2 is 2.00 bits per heavy atom. The molecule has 0 aromatic heterocycles. The number of urea groups is 1. The van der Waals surface area contributed by atoms with E-state index in [-0.39, 0.29) is 6.04 Å². The van der Waals surface area contributed by atoms with Crippen molar-refractivity contribution in [2.24, 2.45) is 17.8 Å². The zero-order chi connectivity index (χ0) is 12.2. The van der Waals surface area contributed by atoms with Gasteiger partial charge in [-0.2, -0.15) is 0 Å². The van der Waals surface area contributed by atoms with Crippen molar-refractivity contribution in [1.82, 2.24) is 10.2 Å². The van der Waals surface area contributed by atoms with Gasteiger partial charge in [-0.15, -0.1) is 0 Å². The van der Waals surface area contributed by atoms with Crippen molar-refractivity contribution >= 4 is 17.8 Å². The number of rotatable bonds is 2. The lowest BCUT2D eigenvalue weighted by Gasteiger charge is -2.32. The largest absolute Gasteiger partial charge is 0.331 e. The summed E-state index contributed by atoms with van der Waals surface area (Å²) in [4.78, 5) is 35.5. The van der Waals surface area contributed by atoms with Crippen molar-refractivity contribution in [2.75, 3.05) is 0 Å². The fourth-order valence-electron chi connectivity index (χ4n) is 3.86. The van der Waals surface area contributed by atoms with E-state index in [1.807, 2.05) is 6.92 Å². The van der Waals surface area contributed by atoms with Gasteiger partial charge in [0.25, 0.3) is 0 Å². The Balaban J connectivity index is 1.78. The summed E-state index contributed by atoms with van der Waals surface area (Å²) < 4.78 is 0. The first-order valence-electron chi connectivity index (χ1n) is 6.26. The molecule has 5 heteroatoms. The molecule has 0 aromatic rings. The molecule has 4 atom stereocenters. The van der Waals surface area contributed by atoms with E-state index in [0.29, 0.717) is 11.8 Å². The number of hydrogen-bond donors (Lipinski definition) is 1. The molecule has 2 bridgehead atoms. The summed E-state index contributed by atoms with van der Waals surface area (Å²) in [6.07, 6.45) is 4.81.